The molecule has 2 aromatic carbocycles. The van der Waals surface area contributed by atoms with Crippen molar-refractivity contribution in [2.24, 2.45) is 0 Å². The van der Waals surface area contributed by atoms with Gasteiger partial charge in [0.15, 0.2) is 0 Å². The molecule has 0 aliphatic carbocycles. The van der Waals surface area contributed by atoms with Gasteiger partial charge in [0.05, 0.1) is 16.6 Å². The lowest BCUT2D eigenvalue weighted by Crippen LogP contribution is -2.26. The number of rotatable bonds is 4. The Morgan fingerprint density at radius 2 is 1.83 bits per heavy atom. The lowest BCUT2D eigenvalue weighted by Gasteiger charge is -2.06. The minimum atomic E-state index is -0.316. The summed E-state index contributed by atoms with van der Waals surface area (Å²) in [6.45, 7) is 0.520. The number of carbonyl (C=O) groups is 1. The number of benzene rings is 2. The highest BCUT2D eigenvalue weighted by molar-refractivity contribution is 6.04. The Morgan fingerprint density at radius 3 is 2.75 bits per heavy atom. The first-order valence-corrected chi connectivity index (χ1v) is 7.76. The molecule has 0 aliphatic heterocycles. The predicted molar refractivity (Wildman–Crippen MR) is 93.3 cm³/mol. The van der Waals surface area contributed by atoms with Gasteiger partial charge in [-0.15, -0.1) is 0 Å². The number of carbonyl (C=O) groups excluding carboxylic acids is 1. The molecule has 2 aromatic heterocycles. The van der Waals surface area contributed by atoms with Crippen molar-refractivity contribution in [3.05, 3.63) is 70.3 Å². The van der Waals surface area contributed by atoms with Gasteiger partial charge in [-0.25, -0.2) is 4.79 Å². The lowest BCUT2D eigenvalue weighted by atomic mass is 10.1. The Morgan fingerprint density at radius 1 is 1.00 bits per heavy atom. The molecule has 120 valence electrons. The number of amides is 1. The van der Waals surface area contributed by atoms with Gasteiger partial charge in [0.25, 0.3) is 5.91 Å². The van der Waals surface area contributed by atoms with E-state index in [1.54, 1.807) is 18.2 Å². The van der Waals surface area contributed by atoms with E-state index in [1.807, 2.05) is 24.4 Å². The third-order valence-electron chi connectivity index (χ3n) is 4.15. The van der Waals surface area contributed by atoms with Crippen LogP contribution < -0.4 is 11.0 Å². The lowest BCUT2D eigenvalue weighted by molar-refractivity contribution is 0.0955. The Bertz CT molecular complexity index is 1090. The van der Waals surface area contributed by atoms with E-state index in [-0.39, 0.29) is 11.6 Å². The molecule has 4 N–H and O–H groups in total. The molecule has 0 unspecified atom stereocenters. The van der Waals surface area contributed by atoms with Gasteiger partial charge in [-0.3, -0.25) is 4.79 Å². The number of nitrogens with one attached hydrogen (secondary N) is 4. The van der Waals surface area contributed by atoms with Crippen LogP contribution in [0.5, 0.6) is 0 Å². The largest absolute Gasteiger partial charge is 0.361 e. The predicted octanol–water partition coefficient (Wildman–Crippen LogP) is 2.31. The molecule has 6 heteroatoms. The van der Waals surface area contributed by atoms with E-state index >= 15 is 0 Å². The summed E-state index contributed by atoms with van der Waals surface area (Å²) in [6, 6.07) is 13.3. The Labute approximate surface area is 136 Å². The first-order valence-electron chi connectivity index (χ1n) is 7.76. The number of hydrogen-bond donors (Lipinski definition) is 4. The van der Waals surface area contributed by atoms with Crippen LogP contribution in [0, 0.1) is 0 Å². The Balaban J connectivity index is 1.49. The van der Waals surface area contributed by atoms with Crippen LogP contribution in [-0.2, 0) is 6.42 Å². The van der Waals surface area contributed by atoms with Crippen molar-refractivity contribution < 1.29 is 4.79 Å². The summed E-state index contributed by atoms with van der Waals surface area (Å²) in [5, 5.41) is 4.08. The molecule has 24 heavy (non-hydrogen) atoms. The van der Waals surface area contributed by atoms with Crippen molar-refractivity contribution in [1.29, 1.82) is 0 Å². The number of H-pyrrole nitrogens is 3. The van der Waals surface area contributed by atoms with Gasteiger partial charge >= 0.3 is 5.69 Å². The maximum Gasteiger partial charge on any atom is 0.323 e. The Kier molecular flexibility index (Phi) is 3.42. The quantitative estimate of drug-likeness (QED) is 0.464. The molecule has 4 aromatic rings. The summed E-state index contributed by atoms with van der Waals surface area (Å²) in [5.41, 5.74) is 3.57. The SMILES string of the molecule is O=C(NCCc1c[nH]c2ccccc12)c1cccc2[nH]c(=O)[nH]c12. The van der Waals surface area contributed by atoms with E-state index in [0.717, 1.165) is 11.9 Å². The maximum atomic E-state index is 12.4. The van der Waals surface area contributed by atoms with Crippen molar-refractivity contribution in [1.82, 2.24) is 20.3 Å². The van der Waals surface area contributed by atoms with Gasteiger partial charge in [-0.05, 0) is 30.2 Å². The summed E-state index contributed by atoms with van der Waals surface area (Å²) in [7, 11) is 0. The summed E-state index contributed by atoms with van der Waals surface area (Å²) >= 11 is 0. The van der Waals surface area contributed by atoms with Crippen LogP contribution in [0.1, 0.15) is 15.9 Å². The second kappa shape index (κ2) is 5.73. The molecule has 0 fully saturated rings. The van der Waals surface area contributed by atoms with Gasteiger partial charge in [0, 0.05) is 23.6 Å². The number of fused-ring (bicyclic) bond motifs is 2. The van der Waals surface area contributed by atoms with Crippen molar-refractivity contribution in [2.75, 3.05) is 6.54 Å². The molecule has 0 bridgehead atoms. The average molecular weight is 320 g/mol. The molecule has 0 aliphatic rings. The van der Waals surface area contributed by atoms with Crippen LogP contribution in [0.4, 0.5) is 0 Å². The third-order valence-corrected chi connectivity index (χ3v) is 4.15. The van der Waals surface area contributed by atoms with Crippen molar-refractivity contribution in [3.8, 4) is 0 Å². The minimum Gasteiger partial charge on any atom is -0.361 e. The van der Waals surface area contributed by atoms with Crippen molar-refractivity contribution in [3.63, 3.8) is 0 Å². The van der Waals surface area contributed by atoms with Crippen LogP contribution in [0.15, 0.2) is 53.5 Å². The fourth-order valence-electron chi connectivity index (χ4n) is 2.99. The van der Waals surface area contributed by atoms with Crippen molar-refractivity contribution >= 4 is 27.8 Å². The second-order valence-corrected chi connectivity index (χ2v) is 5.67. The maximum absolute atomic E-state index is 12.4. The molecule has 2 heterocycles. The molecule has 4 rings (SSSR count). The molecule has 0 saturated carbocycles. The highest BCUT2D eigenvalue weighted by atomic mass is 16.2. The average Bonchev–Trinajstić information content (AvgIpc) is 3.17. The first-order chi connectivity index (χ1) is 11.7. The number of para-hydroxylation sites is 2. The summed E-state index contributed by atoms with van der Waals surface area (Å²) < 4.78 is 0. The number of hydrogen-bond acceptors (Lipinski definition) is 2. The fourth-order valence-corrected chi connectivity index (χ4v) is 2.99. The van der Waals surface area contributed by atoms with E-state index in [0.29, 0.717) is 23.1 Å². The fraction of sp³-hybridized carbons (Fsp3) is 0.111. The van der Waals surface area contributed by atoms with Gasteiger partial charge in [0.2, 0.25) is 0 Å². The highest BCUT2D eigenvalue weighted by Crippen LogP contribution is 2.18. The highest BCUT2D eigenvalue weighted by Gasteiger charge is 2.12. The van der Waals surface area contributed by atoms with Crippen LogP contribution in [0.2, 0.25) is 0 Å². The topological polar surface area (TPSA) is 93.5 Å². The molecule has 6 nitrogen and oxygen atoms in total. The van der Waals surface area contributed by atoms with Crippen LogP contribution >= 0.6 is 0 Å². The molecule has 0 radical (unpaired) electrons. The smallest absolute Gasteiger partial charge is 0.323 e. The molecule has 0 atom stereocenters. The molecule has 0 saturated heterocycles. The molecule has 1 amide bonds. The van der Waals surface area contributed by atoms with E-state index < -0.39 is 0 Å². The summed E-state index contributed by atoms with van der Waals surface area (Å²) in [4.78, 5) is 32.4. The molecular weight excluding hydrogens is 304 g/mol. The zero-order chi connectivity index (χ0) is 16.5. The molecular formula is C18H16N4O2. The summed E-state index contributed by atoms with van der Waals surface area (Å²) in [6.07, 6.45) is 2.70. The van der Waals surface area contributed by atoms with Crippen LogP contribution in [0.3, 0.4) is 0 Å². The Hall–Kier alpha value is -3.28. The van der Waals surface area contributed by atoms with E-state index in [4.69, 9.17) is 0 Å². The van der Waals surface area contributed by atoms with Crippen molar-refractivity contribution in [2.45, 2.75) is 6.42 Å². The van der Waals surface area contributed by atoms with Crippen LogP contribution in [-0.4, -0.2) is 27.4 Å². The number of aromatic nitrogens is 3. The number of aromatic amines is 3. The van der Waals surface area contributed by atoms with Crippen LogP contribution in [0.25, 0.3) is 21.9 Å². The monoisotopic (exact) mass is 320 g/mol. The van der Waals surface area contributed by atoms with E-state index in [9.17, 15) is 9.59 Å². The van der Waals surface area contributed by atoms with E-state index in [2.05, 4.69) is 26.3 Å². The zero-order valence-corrected chi connectivity index (χ0v) is 12.8. The standard InChI is InChI=1S/C18H16N4O2/c23-17(13-5-3-7-15-16(13)22-18(24)21-15)19-9-8-11-10-20-14-6-2-1-4-12(11)14/h1-7,10,20H,8-9H2,(H,19,23)(H2,21,22,24). The first kappa shape index (κ1) is 14.3. The van der Waals surface area contributed by atoms with Gasteiger partial charge in [0.1, 0.15) is 0 Å². The van der Waals surface area contributed by atoms with Gasteiger partial charge in [-0.2, -0.15) is 0 Å². The summed E-state index contributed by atoms with van der Waals surface area (Å²) in [5.74, 6) is -0.198. The zero-order valence-electron chi connectivity index (χ0n) is 12.8. The second-order valence-electron chi connectivity index (χ2n) is 5.67. The molecule has 0 spiro atoms. The van der Waals surface area contributed by atoms with Gasteiger partial charge < -0.3 is 20.3 Å². The van der Waals surface area contributed by atoms with Gasteiger partial charge in [-0.1, -0.05) is 24.3 Å². The minimum absolute atomic E-state index is 0.198. The normalized spacial score (nSPS) is 11.2. The van der Waals surface area contributed by atoms with E-state index in [1.165, 1.54) is 10.9 Å². The number of imidazole rings is 1. The third kappa shape index (κ3) is 2.48.